The third-order valence-electron chi connectivity index (χ3n) is 7.82. The van der Waals surface area contributed by atoms with Crippen LogP contribution >= 0.6 is 11.8 Å². The summed E-state index contributed by atoms with van der Waals surface area (Å²) in [6, 6.07) is 13.5. The molecule has 0 bridgehead atoms. The molecule has 1 fully saturated rings. The summed E-state index contributed by atoms with van der Waals surface area (Å²) in [4.78, 5) is 48.8. The van der Waals surface area contributed by atoms with Crippen LogP contribution < -0.4 is 14.5 Å². The minimum absolute atomic E-state index is 0.0244. The first-order chi connectivity index (χ1) is 21.7. The highest BCUT2D eigenvalue weighted by molar-refractivity contribution is 8.00. The van der Waals surface area contributed by atoms with Gasteiger partial charge in [-0.2, -0.15) is 18.2 Å². The van der Waals surface area contributed by atoms with Crippen LogP contribution in [0.5, 0.6) is 5.75 Å². The number of para-hydroxylation sites is 1. The molecule has 2 aromatic carbocycles. The van der Waals surface area contributed by atoms with Crippen LogP contribution in [0, 0.1) is 0 Å². The van der Waals surface area contributed by atoms with Gasteiger partial charge in [0.2, 0.25) is 5.91 Å². The van der Waals surface area contributed by atoms with Crippen LogP contribution in [-0.4, -0.2) is 77.7 Å². The monoisotopic (exact) mass is 672 g/mol. The summed E-state index contributed by atoms with van der Waals surface area (Å²) in [5, 5.41) is 0.940. The van der Waals surface area contributed by atoms with Gasteiger partial charge in [0.25, 0.3) is 5.91 Å². The molecule has 1 aliphatic carbocycles. The zero-order chi connectivity index (χ0) is 33.2. The molecule has 9 nitrogen and oxygen atoms in total. The lowest BCUT2D eigenvalue weighted by Gasteiger charge is -2.48. The number of amides is 2. The molecule has 46 heavy (non-hydrogen) atoms. The average molecular weight is 673 g/mol. The molecule has 16 heteroatoms. The Morgan fingerprint density at radius 1 is 1.00 bits per heavy atom. The van der Waals surface area contributed by atoms with E-state index in [0.717, 1.165) is 36.5 Å². The molecule has 0 spiro atoms. The van der Waals surface area contributed by atoms with E-state index in [0.29, 0.717) is 11.4 Å². The molecule has 0 radical (unpaired) electrons. The number of anilines is 2. The zero-order valence-electron chi connectivity index (χ0n) is 24.5. The molecule has 0 aromatic heterocycles. The number of carbonyl (C=O) groups is 3. The van der Waals surface area contributed by atoms with E-state index in [2.05, 4.69) is 4.74 Å². The number of alkyl halides is 6. The molecule has 248 valence electrons. The molecule has 1 atom stereocenters. The second-order valence-electron chi connectivity index (χ2n) is 10.9. The van der Waals surface area contributed by atoms with E-state index in [4.69, 9.17) is 4.84 Å². The minimum atomic E-state index is -5.28. The van der Waals surface area contributed by atoms with Gasteiger partial charge in [0.1, 0.15) is 5.75 Å². The highest BCUT2D eigenvalue weighted by atomic mass is 32.2. The molecule has 2 aliphatic heterocycles. The third-order valence-corrected chi connectivity index (χ3v) is 9.32. The lowest BCUT2D eigenvalue weighted by atomic mass is 10.00. The first kappa shape index (κ1) is 33.3. The largest absolute Gasteiger partial charge is 0.573 e. The number of halogens is 6. The summed E-state index contributed by atoms with van der Waals surface area (Å²) >= 11 is 1.25. The molecule has 2 amide bonds. The Labute approximate surface area is 264 Å². The van der Waals surface area contributed by atoms with Crippen LogP contribution in [0.4, 0.5) is 37.7 Å². The maximum atomic E-state index is 14.1. The molecule has 3 aliphatic rings. The van der Waals surface area contributed by atoms with Gasteiger partial charge in [-0.05, 0) is 49.2 Å². The van der Waals surface area contributed by atoms with E-state index in [1.165, 1.54) is 33.7 Å². The van der Waals surface area contributed by atoms with Gasteiger partial charge in [0.05, 0.1) is 17.8 Å². The molecule has 0 saturated heterocycles. The number of benzene rings is 2. The highest BCUT2D eigenvalue weighted by Gasteiger charge is 2.50. The zero-order valence-corrected chi connectivity index (χ0v) is 25.3. The number of thioether (sulfide) groups is 1. The van der Waals surface area contributed by atoms with Crippen molar-refractivity contribution >= 4 is 40.9 Å². The van der Waals surface area contributed by atoms with Gasteiger partial charge in [-0.3, -0.25) is 14.5 Å². The Morgan fingerprint density at radius 2 is 1.67 bits per heavy atom. The number of carbonyl (C=O) groups excluding carboxylic acids is 3. The minimum Gasteiger partial charge on any atom is -0.406 e. The number of rotatable bonds is 9. The summed E-state index contributed by atoms with van der Waals surface area (Å²) in [6.07, 6.45) is -7.62. The van der Waals surface area contributed by atoms with E-state index < -0.39 is 29.9 Å². The second-order valence-corrected chi connectivity index (χ2v) is 12.3. The van der Waals surface area contributed by atoms with E-state index in [-0.39, 0.29) is 60.7 Å². The number of hydroxylamine groups is 2. The maximum Gasteiger partial charge on any atom is 0.573 e. The summed E-state index contributed by atoms with van der Waals surface area (Å²) < 4.78 is 81.5. The van der Waals surface area contributed by atoms with E-state index in [1.807, 2.05) is 0 Å². The smallest absolute Gasteiger partial charge is 0.406 e. The first-order valence-electron chi connectivity index (χ1n) is 14.4. The van der Waals surface area contributed by atoms with Crippen molar-refractivity contribution in [2.24, 2.45) is 0 Å². The second kappa shape index (κ2) is 13.3. The van der Waals surface area contributed by atoms with Crippen molar-refractivity contribution in [1.29, 1.82) is 0 Å². The third kappa shape index (κ3) is 7.65. The van der Waals surface area contributed by atoms with E-state index in [1.54, 1.807) is 42.3 Å². The quantitative estimate of drug-likeness (QED) is 0.308. The maximum absolute atomic E-state index is 14.1. The first-order valence-corrected chi connectivity index (χ1v) is 15.3. The van der Waals surface area contributed by atoms with Crippen molar-refractivity contribution in [2.75, 3.05) is 36.5 Å². The van der Waals surface area contributed by atoms with Crippen molar-refractivity contribution in [3.8, 4) is 5.75 Å². The Bertz CT molecular complexity index is 1470. The van der Waals surface area contributed by atoms with Gasteiger partial charge in [-0.25, -0.2) is 4.79 Å². The van der Waals surface area contributed by atoms with Gasteiger partial charge in [0.15, 0.2) is 5.50 Å². The number of ether oxygens (including phenoxy) is 1. The highest BCUT2D eigenvalue weighted by Crippen LogP contribution is 2.44. The van der Waals surface area contributed by atoms with Gasteiger partial charge >= 0.3 is 18.5 Å². The predicted molar refractivity (Wildman–Crippen MR) is 156 cm³/mol. The Balaban J connectivity index is 1.35. The fraction of sp³-hybridized carbons (Fsp3) is 0.433. The van der Waals surface area contributed by atoms with Gasteiger partial charge in [-0.1, -0.05) is 24.6 Å². The topological polar surface area (TPSA) is 82.6 Å². The molecule has 1 unspecified atom stereocenters. The van der Waals surface area contributed by atoms with Crippen molar-refractivity contribution in [2.45, 2.75) is 55.4 Å². The number of hydrogen-bond acceptors (Lipinski definition) is 8. The van der Waals surface area contributed by atoms with Gasteiger partial charge in [-0.15, -0.1) is 24.9 Å². The number of hydrogen-bond donors (Lipinski definition) is 0. The van der Waals surface area contributed by atoms with Crippen LogP contribution in [0.1, 0.15) is 32.1 Å². The average Bonchev–Trinajstić information content (AvgIpc) is 2.98. The van der Waals surface area contributed by atoms with Crippen LogP contribution in [-0.2, 0) is 19.2 Å². The lowest BCUT2D eigenvalue weighted by molar-refractivity contribution is -0.274. The Kier molecular flexibility index (Phi) is 9.65. The van der Waals surface area contributed by atoms with Gasteiger partial charge < -0.3 is 19.4 Å². The van der Waals surface area contributed by atoms with Crippen molar-refractivity contribution < 1.29 is 50.3 Å². The summed E-state index contributed by atoms with van der Waals surface area (Å²) in [6.45, 7) is 0.0228. The summed E-state index contributed by atoms with van der Waals surface area (Å²) in [5.74, 6) is -3.66. The fourth-order valence-corrected chi connectivity index (χ4v) is 6.78. The molecule has 5 rings (SSSR count). The number of nitrogens with zero attached hydrogens (tertiary/aromatic N) is 4. The van der Waals surface area contributed by atoms with Crippen molar-refractivity contribution in [1.82, 2.24) is 9.96 Å². The standard InChI is InChI=1S/C30H30F6N4O5S/c1-37(19-10-12-21(13-11-19)44-30(34,35)36)16-15-25(41)38-17-14-24-23(18-38)26(42)39(20-6-3-2-4-7-20)28(46-22-8-5-9-22)40(24)45-27(43)29(31,32)33/h2-4,6-7,10-13,22,28H,5,8-9,14-18H2,1H3. The molecular formula is C30H30F6N4O5S. The van der Waals surface area contributed by atoms with Crippen molar-refractivity contribution in [3.05, 3.63) is 65.9 Å². The SMILES string of the molecule is CN(CCC(=O)N1CCC2=C(C1)C(=O)N(c1ccccc1)C(SC1CCC1)N2OC(=O)C(F)(F)F)c1ccc(OC(F)(F)F)cc1. The van der Waals surface area contributed by atoms with Crippen LogP contribution in [0.25, 0.3) is 0 Å². The Hall–Kier alpha value is -4.08. The summed E-state index contributed by atoms with van der Waals surface area (Å²) in [5.41, 5.74) is -0.00906. The van der Waals surface area contributed by atoms with Crippen LogP contribution in [0.3, 0.4) is 0 Å². The van der Waals surface area contributed by atoms with Crippen molar-refractivity contribution in [3.63, 3.8) is 0 Å². The van der Waals surface area contributed by atoms with Gasteiger partial charge in [0, 0.05) is 49.6 Å². The molecule has 1 saturated carbocycles. The fourth-order valence-electron chi connectivity index (χ4n) is 5.21. The lowest BCUT2D eigenvalue weighted by Crippen LogP contribution is -2.59. The van der Waals surface area contributed by atoms with E-state index >= 15 is 0 Å². The molecule has 2 heterocycles. The van der Waals surface area contributed by atoms with Crippen LogP contribution in [0.2, 0.25) is 0 Å². The molecular weight excluding hydrogens is 642 g/mol. The Morgan fingerprint density at radius 3 is 2.26 bits per heavy atom. The molecule has 2 aromatic rings. The summed E-state index contributed by atoms with van der Waals surface area (Å²) in [7, 11) is 1.65. The predicted octanol–water partition coefficient (Wildman–Crippen LogP) is 5.84. The van der Waals surface area contributed by atoms with E-state index in [9.17, 15) is 40.7 Å². The van der Waals surface area contributed by atoms with Crippen LogP contribution in [0.15, 0.2) is 65.9 Å². The molecule has 0 N–H and O–H groups in total. The normalized spacial score (nSPS) is 19.1.